The normalized spacial score (nSPS) is 13.4. The first kappa shape index (κ1) is 13.7. The van der Waals surface area contributed by atoms with Crippen molar-refractivity contribution in [2.75, 3.05) is 17.2 Å². The Morgan fingerprint density at radius 3 is 3.00 bits per heavy atom. The van der Waals surface area contributed by atoms with E-state index in [1.165, 1.54) is 11.3 Å². The van der Waals surface area contributed by atoms with Gasteiger partial charge >= 0.3 is 0 Å². The Bertz CT molecular complexity index is 675. The largest absolute Gasteiger partial charge is 0.385 e. The van der Waals surface area contributed by atoms with Crippen LogP contribution in [0, 0.1) is 13.8 Å². The van der Waals surface area contributed by atoms with E-state index in [1.54, 1.807) is 4.68 Å². The zero-order valence-electron chi connectivity index (χ0n) is 12.4. The summed E-state index contributed by atoms with van der Waals surface area (Å²) in [4.78, 5) is 12.1. The molecule has 0 saturated heterocycles. The van der Waals surface area contributed by atoms with E-state index in [2.05, 4.69) is 21.8 Å². The van der Waals surface area contributed by atoms with Gasteiger partial charge in [-0.3, -0.25) is 9.48 Å². The number of carbonyl (C=O) groups is 1. The van der Waals surface area contributed by atoms with Gasteiger partial charge in [0.2, 0.25) is 5.91 Å². The van der Waals surface area contributed by atoms with Gasteiger partial charge in [-0.2, -0.15) is 5.10 Å². The van der Waals surface area contributed by atoms with Crippen LogP contribution in [0.3, 0.4) is 0 Å². The molecule has 2 aromatic rings. The van der Waals surface area contributed by atoms with Gasteiger partial charge in [0.25, 0.3) is 0 Å². The molecule has 21 heavy (non-hydrogen) atoms. The number of nitrogens with one attached hydrogen (secondary N) is 2. The van der Waals surface area contributed by atoms with Crippen LogP contribution >= 0.6 is 0 Å². The highest BCUT2D eigenvalue weighted by Crippen LogP contribution is 2.25. The number of aromatic nitrogens is 2. The minimum atomic E-state index is -0.0510. The molecule has 1 amide bonds. The second-order valence-electron chi connectivity index (χ2n) is 5.54. The van der Waals surface area contributed by atoms with E-state index in [0.717, 1.165) is 36.5 Å². The number of rotatable bonds is 3. The zero-order chi connectivity index (χ0) is 14.8. The zero-order valence-corrected chi connectivity index (χ0v) is 12.4. The lowest BCUT2D eigenvalue weighted by Gasteiger charge is -2.18. The molecule has 2 heterocycles. The Morgan fingerprint density at radius 1 is 1.38 bits per heavy atom. The lowest BCUT2D eigenvalue weighted by molar-refractivity contribution is -0.116. The molecule has 2 N–H and O–H groups in total. The van der Waals surface area contributed by atoms with Gasteiger partial charge in [-0.05, 0) is 56.5 Å². The number of hydrogen-bond donors (Lipinski definition) is 2. The van der Waals surface area contributed by atoms with Gasteiger partial charge in [-0.1, -0.05) is 0 Å². The molecule has 110 valence electrons. The van der Waals surface area contributed by atoms with E-state index in [0.29, 0.717) is 0 Å². The summed E-state index contributed by atoms with van der Waals surface area (Å²) in [5.74, 6) is -0.0510. The number of aryl methyl sites for hydroxylation is 3. The minimum absolute atomic E-state index is 0.0510. The maximum absolute atomic E-state index is 12.1. The molecule has 1 aromatic heterocycles. The van der Waals surface area contributed by atoms with Crippen LogP contribution < -0.4 is 10.6 Å². The molecule has 0 bridgehead atoms. The summed E-state index contributed by atoms with van der Waals surface area (Å²) in [7, 11) is 0. The third-order valence-corrected chi connectivity index (χ3v) is 3.72. The molecule has 5 nitrogen and oxygen atoms in total. The summed E-state index contributed by atoms with van der Waals surface area (Å²) in [5.41, 5.74) is 5.23. The van der Waals surface area contributed by atoms with Gasteiger partial charge in [0.1, 0.15) is 6.54 Å². The number of fused-ring (bicyclic) bond motifs is 1. The van der Waals surface area contributed by atoms with Crippen LogP contribution in [-0.2, 0) is 17.8 Å². The summed E-state index contributed by atoms with van der Waals surface area (Å²) < 4.78 is 1.73. The fourth-order valence-corrected chi connectivity index (χ4v) is 2.72. The Labute approximate surface area is 124 Å². The predicted molar refractivity (Wildman–Crippen MR) is 83.6 cm³/mol. The van der Waals surface area contributed by atoms with Crippen LogP contribution in [0.2, 0.25) is 0 Å². The van der Waals surface area contributed by atoms with E-state index in [1.807, 2.05) is 32.0 Å². The molecule has 0 spiro atoms. The maximum Gasteiger partial charge on any atom is 0.246 e. The smallest absolute Gasteiger partial charge is 0.246 e. The van der Waals surface area contributed by atoms with Crippen LogP contribution in [-0.4, -0.2) is 22.2 Å². The molecule has 1 aliphatic heterocycles. The highest BCUT2D eigenvalue weighted by Gasteiger charge is 2.11. The van der Waals surface area contributed by atoms with Crippen molar-refractivity contribution in [2.45, 2.75) is 33.2 Å². The third-order valence-electron chi connectivity index (χ3n) is 3.72. The SMILES string of the molecule is Cc1cc(C)n(CC(=O)Nc2ccc3c(c2)CCCN3)n1. The van der Waals surface area contributed by atoms with Crippen molar-refractivity contribution in [3.8, 4) is 0 Å². The number of nitrogens with zero attached hydrogens (tertiary/aromatic N) is 2. The number of anilines is 2. The fraction of sp³-hybridized carbons (Fsp3) is 0.375. The Hall–Kier alpha value is -2.30. The van der Waals surface area contributed by atoms with E-state index in [4.69, 9.17) is 0 Å². The molecule has 1 aliphatic rings. The summed E-state index contributed by atoms with van der Waals surface area (Å²) in [6.07, 6.45) is 2.19. The Balaban J connectivity index is 1.68. The average Bonchev–Trinajstić information content (AvgIpc) is 2.76. The number of hydrogen-bond acceptors (Lipinski definition) is 3. The fourth-order valence-electron chi connectivity index (χ4n) is 2.72. The standard InChI is InChI=1S/C16H20N4O/c1-11-8-12(2)20(19-11)10-16(21)18-14-5-6-15-13(9-14)4-3-7-17-15/h5-6,8-9,17H,3-4,7,10H2,1-2H3,(H,18,21). The van der Waals surface area contributed by atoms with Crippen LogP contribution in [0.4, 0.5) is 11.4 Å². The molecule has 0 unspecified atom stereocenters. The van der Waals surface area contributed by atoms with Crippen molar-refractivity contribution in [3.63, 3.8) is 0 Å². The molecule has 0 aliphatic carbocycles. The van der Waals surface area contributed by atoms with Crippen molar-refractivity contribution in [1.29, 1.82) is 0 Å². The lowest BCUT2D eigenvalue weighted by Crippen LogP contribution is -2.20. The molecule has 3 rings (SSSR count). The van der Waals surface area contributed by atoms with Crippen molar-refractivity contribution in [2.24, 2.45) is 0 Å². The van der Waals surface area contributed by atoms with Crippen molar-refractivity contribution in [1.82, 2.24) is 9.78 Å². The molecule has 5 heteroatoms. The van der Waals surface area contributed by atoms with Crippen LogP contribution in [0.5, 0.6) is 0 Å². The van der Waals surface area contributed by atoms with E-state index >= 15 is 0 Å². The van der Waals surface area contributed by atoms with Crippen molar-refractivity contribution in [3.05, 3.63) is 41.2 Å². The summed E-state index contributed by atoms with van der Waals surface area (Å²) in [6, 6.07) is 8.00. The Kier molecular flexibility index (Phi) is 3.64. The predicted octanol–water partition coefficient (Wildman–Crippen LogP) is 2.50. The topological polar surface area (TPSA) is 59.0 Å². The first-order valence-corrected chi connectivity index (χ1v) is 7.29. The second kappa shape index (κ2) is 5.60. The van der Waals surface area contributed by atoms with E-state index < -0.39 is 0 Å². The molecule has 0 radical (unpaired) electrons. The summed E-state index contributed by atoms with van der Waals surface area (Å²) >= 11 is 0. The first-order chi connectivity index (χ1) is 10.1. The van der Waals surface area contributed by atoms with Crippen molar-refractivity contribution < 1.29 is 4.79 Å². The van der Waals surface area contributed by atoms with Crippen LogP contribution in [0.25, 0.3) is 0 Å². The maximum atomic E-state index is 12.1. The van der Waals surface area contributed by atoms with E-state index in [9.17, 15) is 4.79 Å². The highest BCUT2D eigenvalue weighted by molar-refractivity contribution is 5.91. The third kappa shape index (κ3) is 3.07. The number of amides is 1. The minimum Gasteiger partial charge on any atom is -0.385 e. The highest BCUT2D eigenvalue weighted by atomic mass is 16.2. The van der Waals surface area contributed by atoms with Crippen molar-refractivity contribution >= 4 is 17.3 Å². The van der Waals surface area contributed by atoms with Gasteiger partial charge in [0, 0.05) is 23.6 Å². The second-order valence-corrected chi connectivity index (χ2v) is 5.54. The van der Waals surface area contributed by atoms with Crippen LogP contribution in [0.1, 0.15) is 23.4 Å². The van der Waals surface area contributed by atoms with Gasteiger partial charge in [0.15, 0.2) is 0 Å². The Morgan fingerprint density at radius 2 is 2.24 bits per heavy atom. The quantitative estimate of drug-likeness (QED) is 0.910. The van der Waals surface area contributed by atoms with Gasteiger partial charge in [-0.25, -0.2) is 0 Å². The molecule has 1 aromatic carbocycles. The summed E-state index contributed by atoms with van der Waals surface area (Å²) in [5, 5.41) is 10.6. The van der Waals surface area contributed by atoms with E-state index in [-0.39, 0.29) is 12.5 Å². The molecule has 0 fully saturated rings. The van der Waals surface area contributed by atoms with Gasteiger partial charge < -0.3 is 10.6 Å². The molecule has 0 atom stereocenters. The number of benzene rings is 1. The average molecular weight is 284 g/mol. The molecular weight excluding hydrogens is 264 g/mol. The first-order valence-electron chi connectivity index (χ1n) is 7.29. The van der Waals surface area contributed by atoms with Gasteiger partial charge in [0.05, 0.1) is 5.69 Å². The lowest BCUT2D eigenvalue weighted by atomic mass is 10.0. The number of carbonyl (C=O) groups excluding carboxylic acids is 1. The monoisotopic (exact) mass is 284 g/mol. The molecular formula is C16H20N4O. The molecule has 0 saturated carbocycles. The summed E-state index contributed by atoms with van der Waals surface area (Å²) in [6.45, 7) is 5.15. The van der Waals surface area contributed by atoms with Crippen LogP contribution in [0.15, 0.2) is 24.3 Å². The van der Waals surface area contributed by atoms with Gasteiger partial charge in [-0.15, -0.1) is 0 Å².